The summed E-state index contributed by atoms with van der Waals surface area (Å²) in [4.78, 5) is 16.4. The molecular formula is C23H36N4O. The number of aliphatic imine (C=N–C) groups is 1. The Kier molecular flexibility index (Phi) is 7.28. The third kappa shape index (κ3) is 4.94. The van der Waals surface area contributed by atoms with E-state index in [9.17, 15) is 4.79 Å². The number of nitrogens with zero attached hydrogens (tertiary/aromatic N) is 1. The van der Waals surface area contributed by atoms with Crippen molar-refractivity contribution in [3.8, 4) is 0 Å². The van der Waals surface area contributed by atoms with Crippen molar-refractivity contribution >= 4 is 11.5 Å². The Morgan fingerprint density at radius 2 is 1.75 bits per heavy atom. The van der Waals surface area contributed by atoms with Crippen molar-refractivity contribution in [2.75, 3.05) is 6.54 Å². The Hall–Kier alpha value is -2.30. The normalized spacial score (nSPS) is 27.2. The maximum absolute atomic E-state index is 12.0. The van der Waals surface area contributed by atoms with E-state index in [-0.39, 0.29) is 10.8 Å². The second kappa shape index (κ2) is 9.26. The number of allylic oxidation sites excluding steroid dienone is 1. The molecular weight excluding hydrogens is 348 g/mol. The van der Waals surface area contributed by atoms with Gasteiger partial charge in [-0.15, -0.1) is 0 Å². The van der Waals surface area contributed by atoms with Crippen LogP contribution in [0, 0.1) is 10.8 Å². The van der Waals surface area contributed by atoms with Gasteiger partial charge >= 0.3 is 0 Å². The van der Waals surface area contributed by atoms with Gasteiger partial charge in [0, 0.05) is 30.1 Å². The van der Waals surface area contributed by atoms with Crippen LogP contribution >= 0.6 is 0 Å². The van der Waals surface area contributed by atoms with E-state index in [0.29, 0.717) is 17.2 Å². The van der Waals surface area contributed by atoms with Gasteiger partial charge < -0.3 is 16.4 Å². The number of ketones is 1. The lowest BCUT2D eigenvalue weighted by atomic mass is 9.52. The molecule has 0 radical (unpaired) electrons. The molecule has 0 unspecified atom stereocenters. The van der Waals surface area contributed by atoms with Gasteiger partial charge in [-0.2, -0.15) is 0 Å². The van der Waals surface area contributed by atoms with Gasteiger partial charge in [-0.05, 0) is 57.3 Å². The standard InChI is InChI=1S/C23H36N4O/c1-6-8-20(24)15-26-17(3)21(25-7-2)18(4)27-16-22-9-12-23(13-10-22,14-11-22)19(5)28/h7,15,26-27H,2-4,6,8-14,16,24H2,1,5H3/b20-15+,25-21?. The van der Waals surface area contributed by atoms with Gasteiger partial charge in [0.05, 0.1) is 11.4 Å². The second-order valence-electron chi connectivity index (χ2n) is 8.42. The lowest BCUT2D eigenvalue weighted by Gasteiger charge is -2.52. The number of hydrogen-bond donors (Lipinski definition) is 3. The Morgan fingerprint density at radius 1 is 1.14 bits per heavy atom. The van der Waals surface area contributed by atoms with Crippen LogP contribution in [0.3, 0.4) is 0 Å². The molecule has 0 atom stereocenters. The lowest BCUT2D eigenvalue weighted by Crippen LogP contribution is -2.49. The first kappa shape index (κ1) is 22.0. The molecule has 0 aromatic rings. The minimum absolute atomic E-state index is 0.0445. The van der Waals surface area contributed by atoms with E-state index in [1.165, 1.54) is 6.20 Å². The van der Waals surface area contributed by atoms with Crippen molar-refractivity contribution in [3.05, 3.63) is 49.2 Å². The lowest BCUT2D eigenvalue weighted by molar-refractivity contribution is -0.135. The minimum Gasteiger partial charge on any atom is -0.401 e. The summed E-state index contributed by atoms with van der Waals surface area (Å²) in [5.41, 5.74) is 8.94. The van der Waals surface area contributed by atoms with Crippen LogP contribution in [0.15, 0.2) is 54.2 Å². The summed E-state index contributed by atoms with van der Waals surface area (Å²) in [5.74, 6) is 0.372. The number of rotatable bonds is 11. The topological polar surface area (TPSA) is 79.5 Å². The van der Waals surface area contributed by atoms with Crippen LogP contribution in [0.25, 0.3) is 0 Å². The molecule has 3 aliphatic carbocycles. The number of carbonyl (C=O) groups excluding carboxylic acids is 1. The first-order valence-corrected chi connectivity index (χ1v) is 10.3. The fraction of sp³-hybridized carbons (Fsp3) is 0.565. The maximum atomic E-state index is 12.0. The van der Waals surface area contributed by atoms with Crippen LogP contribution in [0.1, 0.15) is 65.2 Å². The molecule has 3 rings (SSSR count). The van der Waals surface area contributed by atoms with E-state index in [1.54, 1.807) is 13.1 Å². The Bertz CT molecular complexity index is 677. The molecule has 2 bridgehead atoms. The zero-order valence-corrected chi connectivity index (χ0v) is 17.6. The zero-order valence-electron chi connectivity index (χ0n) is 17.6. The number of Topliss-reactive ketones (excluding diaryl/α,β-unsaturated/α-hetero) is 1. The average molecular weight is 385 g/mol. The van der Waals surface area contributed by atoms with E-state index in [1.807, 2.05) is 0 Å². The molecule has 3 saturated carbocycles. The molecule has 0 aromatic carbocycles. The molecule has 3 aliphatic rings. The third-order valence-corrected chi connectivity index (χ3v) is 6.59. The molecule has 3 fully saturated rings. The van der Waals surface area contributed by atoms with Gasteiger partial charge in [-0.1, -0.05) is 33.1 Å². The Balaban J connectivity index is 1.96. The number of carbonyl (C=O) groups is 1. The van der Waals surface area contributed by atoms with Gasteiger partial charge in [-0.25, -0.2) is 0 Å². The van der Waals surface area contributed by atoms with Crippen LogP contribution in [0.2, 0.25) is 0 Å². The molecule has 5 heteroatoms. The molecule has 154 valence electrons. The van der Waals surface area contributed by atoms with Gasteiger partial charge in [0.2, 0.25) is 0 Å². The van der Waals surface area contributed by atoms with Gasteiger partial charge in [-0.3, -0.25) is 9.79 Å². The summed E-state index contributed by atoms with van der Waals surface area (Å²) in [6, 6.07) is 0. The summed E-state index contributed by atoms with van der Waals surface area (Å²) in [7, 11) is 0. The van der Waals surface area contributed by atoms with E-state index >= 15 is 0 Å². The highest BCUT2D eigenvalue weighted by molar-refractivity contribution is 6.11. The fourth-order valence-electron chi connectivity index (χ4n) is 4.47. The first-order valence-electron chi connectivity index (χ1n) is 10.3. The molecule has 4 N–H and O–H groups in total. The minimum atomic E-state index is -0.0445. The van der Waals surface area contributed by atoms with Crippen molar-refractivity contribution in [2.24, 2.45) is 21.6 Å². The van der Waals surface area contributed by atoms with E-state index in [2.05, 4.69) is 42.3 Å². The van der Waals surface area contributed by atoms with Crippen molar-refractivity contribution in [1.82, 2.24) is 10.6 Å². The molecule has 5 nitrogen and oxygen atoms in total. The van der Waals surface area contributed by atoms with Crippen molar-refractivity contribution in [2.45, 2.75) is 65.2 Å². The molecule has 0 amide bonds. The molecule has 0 heterocycles. The zero-order chi connectivity index (χ0) is 20.8. The number of nitrogens with two attached hydrogens (primary N) is 1. The summed E-state index contributed by atoms with van der Waals surface area (Å²) >= 11 is 0. The smallest absolute Gasteiger partial charge is 0.135 e. The molecule has 0 saturated heterocycles. The van der Waals surface area contributed by atoms with Crippen LogP contribution < -0.4 is 16.4 Å². The highest BCUT2D eigenvalue weighted by Gasteiger charge is 2.50. The first-order chi connectivity index (χ1) is 13.3. The molecule has 28 heavy (non-hydrogen) atoms. The number of nitrogens with one attached hydrogen (secondary N) is 2. The van der Waals surface area contributed by atoms with Crippen molar-refractivity contribution in [1.29, 1.82) is 0 Å². The van der Waals surface area contributed by atoms with Crippen LogP contribution in [0.4, 0.5) is 0 Å². The van der Waals surface area contributed by atoms with E-state index in [4.69, 9.17) is 5.73 Å². The number of hydrogen-bond acceptors (Lipinski definition) is 5. The van der Waals surface area contributed by atoms with E-state index < -0.39 is 0 Å². The third-order valence-electron chi connectivity index (χ3n) is 6.59. The van der Waals surface area contributed by atoms with Gasteiger partial charge in [0.1, 0.15) is 11.5 Å². The average Bonchev–Trinajstić information content (AvgIpc) is 2.70. The second-order valence-corrected chi connectivity index (χ2v) is 8.42. The fourth-order valence-corrected chi connectivity index (χ4v) is 4.47. The SMILES string of the molecule is C=CN=C(C(=C)N/C=C(/N)CCC)C(=C)NCC12CCC(C(C)=O)(CC1)CC2. The van der Waals surface area contributed by atoms with Crippen molar-refractivity contribution < 1.29 is 4.79 Å². The summed E-state index contributed by atoms with van der Waals surface area (Å²) < 4.78 is 0. The summed E-state index contributed by atoms with van der Waals surface area (Å²) in [6.45, 7) is 16.6. The summed E-state index contributed by atoms with van der Waals surface area (Å²) in [5, 5.41) is 6.60. The van der Waals surface area contributed by atoms with Crippen molar-refractivity contribution in [3.63, 3.8) is 0 Å². The van der Waals surface area contributed by atoms with Crippen LogP contribution in [-0.4, -0.2) is 18.0 Å². The quantitative estimate of drug-likeness (QED) is 0.464. The predicted molar refractivity (Wildman–Crippen MR) is 117 cm³/mol. The highest BCUT2D eigenvalue weighted by Crippen LogP contribution is 2.56. The number of fused-ring (bicyclic) bond motifs is 3. The predicted octanol–water partition coefficient (Wildman–Crippen LogP) is 4.31. The molecule has 0 spiro atoms. The largest absolute Gasteiger partial charge is 0.401 e. The monoisotopic (exact) mass is 384 g/mol. The Morgan fingerprint density at radius 3 is 2.25 bits per heavy atom. The molecule has 0 aromatic heterocycles. The van der Waals surface area contributed by atoms with E-state index in [0.717, 1.165) is 69.3 Å². The maximum Gasteiger partial charge on any atom is 0.135 e. The van der Waals surface area contributed by atoms with Crippen LogP contribution in [0.5, 0.6) is 0 Å². The molecule has 0 aliphatic heterocycles. The highest BCUT2D eigenvalue weighted by atomic mass is 16.1. The van der Waals surface area contributed by atoms with Gasteiger partial charge in [0.25, 0.3) is 0 Å². The Labute approximate surface area is 169 Å². The van der Waals surface area contributed by atoms with Crippen LogP contribution in [-0.2, 0) is 4.79 Å². The van der Waals surface area contributed by atoms with Gasteiger partial charge in [0.15, 0.2) is 0 Å². The summed E-state index contributed by atoms with van der Waals surface area (Å²) in [6.07, 6.45) is 11.4.